The van der Waals surface area contributed by atoms with Crippen LogP contribution >= 0.6 is 0 Å². The van der Waals surface area contributed by atoms with Crippen molar-refractivity contribution in [3.63, 3.8) is 0 Å². The number of aryl methyl sites for hydroxylation is 1. The summed E-state index contributed by atoms with van der Waals surface area (Å²) in [5.41, 5.74) is -0.123. The third-order valence-corrected chi connectivity index (χ3v) is 4.71. The zero-order chi connectivity index (χ0) is 13.9. The molecule has 0 radical (unpaired) electrons. The zero-order valence-electron chi connectivity index (χ0n) is 10.9. The van der Waals surface area contributed by atoms with Crippen LogP contribution in [0.2, 0.25) is 0 Å². The predicted octanol–water partition coefficient (Wildman–Crippen LogP) is 0.815. The summed E-state index contributed by atoms with van der Waals surface area (Å²) in [5, 5.41) is 10.2. The van der Waals surface area contributed by atoms with Gasteiger partial charge in [0.05, 0.1) is 10.5 Å². The van der Waals surface area contributed by atoms with Crippen LogP contribution in [0.1, 0.15) is 18.4 Å². The van der Waals surface area contributed by atoms with E-state index in [0.717, 1.165) is 5.56 Å². The molecule has 1 heterocycles. The number of rotatable bonds is 4. The number of aliphatic hydroxyl groups is 1. The zero-order valence-corrected chi connectivity index (χ0v) is 11.7. The first-order chi connectivity index (χ1) is 8.91. The molecule has 1 saturated heterocycles. The van der Waals surface area contributed by atoms with Gasteiger partial charge in [0.1, 0.15) is 0 Å². The highest BCUT2D eigenvalue weighted by atomic mass is 32.2. The van der Waals surface area contributed by atoms with E-state index >= 15 is 0 Å². The summed E-state index contributed by atoms with van der Waals surface area (Å²) >= 11 is 0. The second-order valence-electron chi connectivity index (χ2n) is 4.98. The van der Waals surface area contributed by atoms with Crippen molar-refractivity contribution in [3.8, 4) is 0 Å². The van der Waals surface area contributed by atoms with Gasteiger partial charge in [0.15, 0.2) is 0 Å². The van der Waals surface area contributed by atoms with Crippen LogP contribution in [0.3, 0.4) is 0 Å². The van der Waals surface area contributed by atoms with Gasteiger partial charge in [-0.2, -0.15) is 0 Å². The lowest BCUT2D eigenvalue weighted by molar-refractivity contribution is -0.0588. The summed E-state index contributed by atoms with van der Waals surface area (Å²) in [6, 6.07) is 6.69. The Kier molecular flexibility index (Phi) is 4.25. The van der Waals surface area contributed by atoms with Crippen molar-refractivity contribution >= 4 is 10.0 Å². The first-order valence-corrected chi connectivity index (χ1v) is 7.76. The van der Waals surface area contributed by atoms with Gasteiger partial charge >= 0.3 is 0 Å². The van der Waals surface area contributed by atoms with Gasteiger partial charge in [0.25, 0.3) is 0 Å². The first kappa shape index (κ1) is 14.5. The SMILES string of the molecule is Cc1cccc(S(=O)(=O)NCC2(O)CCOCC2)c1. The van der Waals surface area contributed by atoms with Crippen LogP contribution < -0.4 is 4.72 Å². The lowest BCUT2D eigenvalue weighted by Gasteiger charge is -2.31. The number of benzene rings is 1. The van der Waals surface area contributed by atoms with E-state index in [0.29, 0.717) is 26.1 Å². The molecule has 1 aromatic rings. The van der Waals surface area contributed by atoms with E-state index in [1.165, 1.54) is 0 Å². The molecule has 1 aromatic carbocycles. The highest BCUT2D eigenvalue weighted by molar-refractivity contribution is 7.89. The maximum atomic E-state index is 12.1. The quantitative estimate of drug-likeness (QED) is 0.858. The third kappa shape index (κ3) is 3.76. The lowest BCUT2D eigenvalue weighted by atomic mass is 9.95. The predicted molar refractivity (Wildman–Crippen MR) is 71.4 cm³/mol. The van der Waals surface area contributed by atoms with Crippen LogP contribution in [0.25, 0.3) is 0 Å². The van der Waals surface area contributed by atoms with Crippen molar-refractivity contribution in [1.82, 2.24) is 4.72 Å². The molecule has 1 aliphatic heterocycles. The van der Waals surface area contributed by atoms with Gasteiger partial charge < -0.3 is 9.84 Å². The van der Waals surface area contributed by atoms with E-state index in [2.05, 4.69) is 4.72 Å². The molecule has 0 bridgehead atoms. The summed E-state index contributed by atoms with van der Waals surface area (Å²) in [6.45, 7) is 2.78. The number of hydrogen-bond acceptors (Lipinski definition) is 4. The lowest BCUT2D eigenvalue weighted by Crippen LogP contribution is -2.46. The van der Waals surface area contributed by atoms with Gasteiger partial charge in [0.2, 0.25) is 10.0 Å². The molecule has 0 atom stereocenters. The Bertz CT molecular complexity index is 535. The number of hydrogen-bond donors (Lipinski definition) is 2. The largest absolute Gasteiger partial charge is 0.388 e. The molecule has 0 spiro atoms. The van der Waals surface area contributed by atoms with Crippen molar-refractivity contribution in [2.75, 3.05) is 19.8 Å². The molecule has 5 nitrogen and oxygen atoms in total. The summed E-state index contributed by atoms with van der Waals surface area (Å²) in [7, 11) is -3.57. The van der Waals surface area contributed by atoms with Crippen LogP contribution in [0.5, 0.6) is 0 Å². The van der Waals surface area contributed by atoms with Gasteiger partial charge in [-0.3, -0.25) is 0 Å². The highest BCUT2D eigenvalue weighted by Crippen LogP contribution is 2.20. The van der Waals surface area contributed by atoms with E-state index in [9.17, 15) is 13.5 Å². The van der Waals surface area contributed by atoms with Crippen LogP contribution in [-0.4, -0.2) is 38.9 Å². The van der Waals surface area contributed by atoms with Gasteiger partial charge in [-0.15, -0.1) is 0 Å². The van der Waals surface area contributed by atoms with Gasteiger partial charge in [-0.1, -0.05) is 12.1 Å². The Morgan fingerprint density at radius 3 is 2.68 bits per heavy atom. The third-order valence-electron chi connectivity index (χ3n) is 3.31. The Hall–Kier alpha value is -0.950. The molecule has 0 unspecified atom stereocenters. The number of nitrogens with one attached hydrogen (secondary N) is 1. The fourth-order valence-corrected chi connectivity index (χ4v) is 3.25. The van der Waals surface area contributed by atoms with E-state index < -0.39 is 15.6 Å². The average molecular weight is 285 g/mol. The molecular weight excluding hydrogens is 266 g/mol. The van der Waals surface area contributed by atoms with E-state index in [4.69, 9.17) is 4.74 Å². The minimum Gasteiger partial charge on any atom is -0.388 e. The second-order valence-corrected chi connectivity index (χ2v) is 6.74. The molecule has 0 aromatic heterocycles. The first-order valence-electron chi connectivity index (χ1n) is 6.28. The monoisotopic (exact) mass is 285 g/mol. The maximum absolute atomic E-state index is 12.1. The van der Waals surface area contributed by atoms with E-state index in [1.54, 1.807) is 18.2 Å². The molecule has 0 saturated carbocycles. The van der Waals surface area contributed by atoms with Gasteiger partial charge in [-0.25, -0.2) is 13.1 Å². The molecule has 19 heavy (non-hydrogen) atoms. The number of sulfonamides is 1. The summed E-state index contributed by atoms with van der Waals surface area (Å²) < 4.78 is 31.9. The molecule has 6 heteroatoms. The van der Waals surface area contributed by atoms with Crippen LogP contribution in [0, 0.1) is 6.92 Å². The fraction of sp³-hybridized carbons (Fsp3) is 0.538. The highest BCUT2D eigenvalue weighted by Gasteiger charge is 2.31. The molecule has 1 aliphatic rings. The van der Waals surface area contributed by atoms with Crippen molar-refractivity contribution in [2.45, 2.75) is 30.3 Å². The van der Waals surface area contributed by atoms with Crippen LogP contribution in [-0.2, 0) is 14.8 Å². The average Bonchev–Trinajstić information content (AvgIpc) is 2.38. The minimum absolute atomic E-state index is 0.0205. The summed E-state index contributed by atoms with van der Waals surface area (Å²) in [4.78, 5) is 0.225. The van der Waals surface area contributed by atoms with E-state index in [-0.39, 0.29) is 11.4 Å². The van der Waals surface area contributed by atoms with Crippen molar-refractivity contribution < 1.29 is 18.3 Å². The normalized spacial score (nSPS) is 19.3. The van der Waals surface area contributed by atoms with Gasteiger partial charge in [-0.05, 0) is 24.6 Å². The van der Waals surface area contributed by atoms with Crippen molar-refractivity contribution in [1.29, 1.82) is 0 Å². The molecule has 0 aliphatic carbocycles. The molecule has 106 valence electrons. The molecule has 2 rings (SSSR count). The molecule has 2 N–H and O–H groups in total. The smallest absolute Gasteiger partial charge is 0.240 e. The summed E-state index contributed by atoms with van der Waals surface area (Å²) in [5.74, 6) is 0. The Morgan fingerprint density at radius 1 is 1.37 bits per heavy atom. The molecule has 1 fully saturated rings. The Morgan fingerprint density at radius 2 is 2.05 bits per heavy atom. The molecular formula is C13H19NO4S. The minimum atomic E-state index is -3.57. The summed E-state index contributed by atoms with van der Waals surface area (Å²) in [6.07, 6.45) is 0.896. The van der Waals surface area contributed by atoms with Gasteiger partial charge in [0, 0.05) is 32.6 Å². The van der Waals surface area contributed by atoms with Crippen LogP contribution in [0.4, 0.5) is 0 Å². The van der Waals surface area contributed by atoms with Crippen molar-refractivity contribution in [3.05, 3.63) is 29.8 Å². The fourth-order valence-electron chi connectivity index (χ4n) is 2.02. The van der Waals surface area contributed by atoms with Crippen LogP contribution in [0.15, 0.2) is 29.2 Å². The number of ether oxygens (including phenoxy) is 1. The Balaban J connectivity index is 2.05. The molecule has 0 amide bonds. The second kappa shape index (κ2) is 5.58. The Labute approximate surface area is 113 Å². The standard InChI is InChI=1S/C13H19NO4S/c1-11-3-2-4-12(9-11)19(16,17)14-10-13(15)5-7-18-8-6-13/h2-4,9,14-15H,5-8,10H2,1H3. The topological polar surface area (TPSA) is 75.6 Å². The van der Waals surface area contributed by atoms with E-state index in [1.807, 2.05) is 13.0 Å². The maximum Gasteiger partial charge on any atom is 0.240 e. The van der Waals surface area contributed by atoms with Crippen molar-refractivity contribution in [2.24, 2.45) is 0 Å².